The molecule has 0 aromatic heterocycles. The molecule has 1 aliphatic heterocycles. The fourth-order valence-electron chi connectivity index (χ4n) is 2.57. The first-order chi connectivity index (χ1) is 12.1. The molecular formula is C18H21NO6. The molecule has 7 heteroatoms. The number of carbonyl (C=O) groups is 2. The molecule has 1 saturated carbocycles. The lowest BCUT2D eigenvalue weighted by molar-refractivity contribution is -0.140. The molecule has 0 N–H and O–H groups in total. The van der Waals surface area contributed by atoms with Crippen molar-refractivity contribution in [1.29, 1.82) is 0 Å². The van der Waals surface area contributed by atoms with Gasteiger partial charge in [0.1, 0.15) is 18.2 Å². The highest BCUT2D eigenvalue weighted by Crippen LogP contribution is 2.31. The Bertz CT molecular complexity index is 677. The lowest BCUT2D eigenvalue weighted by Gasteiger charge is -2.31. The molecule has 1 aromatic rings. The fourth-order valence-corrected chi connectivity index (χ4v) is 2.57. The van der Waals surface area contributed by atoms with Gasteiger partial charge in [0.25, 0.3) is 0 Å². The Balaban J connectivity index is 1.85. The van der Waals surface area contributed by atoms with Crippen LogP contribution in [0.25, 0.3) is 0 Å². The van der Waals surface area contributed by atoms with E-state index in [2.05, 4.69) is 0 Å². The average molecular weight is 347 g/mol. The van der Waals surface area contributed by atoms with Crippen LogP contribution in [-0.2, 0) is 23.8 Å². The minimum atomic E-state index is -0.616. The Morgan fingerprint density at radius 2 is 1.80 bits per heavy atom. The second-order valence-corrected chi connectivity index (χ2v) is 5.96. The van der Waals surface area contributed by atoms with Crippen LogP contribution in [0.15, 0.2) is 35.5 Å². The number of carbonyl (C=O) groups excluding carboxylic acids is 2. The summed E-state index contributed by atoms with van der Waals surface area (Å²) in [5, 5.41) is 0. The third-order valence-electron chi connectivity index (χ3n) is 4.16. The van der Waals surface area contributed by atoms with Gasteiger partial charge in [-0.15, -0.1) is 0 Å². The molecule has 0 spiro atoms. The van der Waals surface area contributed by atoms with E-state index < -0.39 is 11.9 Å². The van der Waals surface area contributed by atoms with E-state index in [1.165, 1.54) is 27.1 Å². The average Bonchev–Trinajstić information content (AvgIpc) is 3.49. The molecule has 1 heterocycles. The zero-order valence-corrected chi connectivity index (χ0v) is 14.3. The van der Waals surface area contributed by atoms with E-state index in [-0.39, 0.29) is 24.6 Å². The van der Waals surface area contributed by atoms with Gasteiger partial charge in [-0.3, -0.25) is 0 Å². The van der Waals surface area contributed by atoms with Gasteiger partial charge in [-0.2, -0.15) is 0 Å². The first kappa shape index (κ1) is 17.3. The van der Waals surface area contributed by atoms with Gasteiger partial charge in [0.05, 0.1) is 33.0 Å². The number of methoxy groups -OCH3 is 2. The predicted octanol–water partition coefficient (Wildman–Crippen LogP) is 1.87. The van der Waals surface area contributed by atoms with Gasteiger partial charge in [-0.1, -0.05) is 0 Å². The Hall–Kier alpha value is -2.54. The highest BCUT2D eigenvalue weighted by molar-refractivity contribution is 6.03. The molecular weight excluding hydrogens is 326 g/mol. The maximum Gasteiger partial charge on any atom is 0.355 e. The predicted molar refractivity (Wildman–Crippen MR) is 89.0 cm³/mol. The number of hydrogen-bond acceptors (Lipinski definition) is 7. The van der Waals surface area contributed by atoms with Gasteiger partial charge in [-0.25, -0.2) is 9.59 Å². The van der Waals surface area contributed by atoms with Crippen LogP contribution in [-0.4, -0.2) is 46.1 Å². The highest BCUT2D eigenvalue weighted by atomic mass is 16.5. The topological polar surface area (TPSA) is 74.3 Å². The van der Waals surface area contributed by atoms with Gasteiger partial charge in [-0.05, 0) is 43.0 Å². The van der Waals surface area contributed by atoms with Crippen LogP contribution in [0, 0.1) is 5.92 Å². The van der Waals surface area contributed by atoms with Crippen LogP contribution < -0.4 is 9.64 Å². The third kappa shape index (κ3) is 3.93. The Kier molecular flexibility index (Phi) is 5.23. The number of ether oxygens (including phenoxy) is 4. The molecule has 25 heavy (non-hydrogen) atoms. The summed E-state index contributed by atoms with van der Waals surface area (Å²) in [4.78, 5) is 25.8. The van der Waals surface area contributed by atoms with Crippen LogP contribution in [0.2, 0.25) is 0 Å². The van der Waals surface area contributed by atoms with Crippen LogP contribution in [0.1, 0.15) is 12.8 Å². The first-order valence-electron chi connectivity index (χ1n) is 8.12. The van der Waals surface area contributed by atoms with Crippen molar-refractivity contribution in [3.8, 4) is 5.75 Å². The lowest BCUT2D eigenvalue weighted by atomic mass is 10.1. The number of rotatable bonds is 6. The quantitative estimate of drug-likeness (QED) is 0.727. The van der Waals surface area contributed by atoms with Gasteiger partial charge in [0.2, 0.25) is 0 Å². The van der Waals surface area contributed by atoms with Crippen LogP contribution >= 0.6 is 0 Å². The van der Waals surface area contributed by atoms with E-state index in [1.807, 2.05) is 24.3 Å². The molecule has 0 bridgehead atoms. The standard InChI is InChI=1S/C18H21NO6/c1-22-17(20)15-10-24-11-19(16(15)18(21)23-2)13-5-7-14(8-6-13)25-9-12-3-4-12/h5-8,12H,3-4,9-11H2,1-2H3. The van der Waals surface area contributed by atoms with E-state index in [9.17, 15) is 9.59 Å². The van der Waals surface area contributed by atoms with Crippen LogP contribution in [0.3, 0.4) is 0 Å². The smallest absolute Gasteiger partial charge is 0.355 e. The summed E-state index contributed by atoms with van der Waals surface area (Å²) >= 11 is 0. The zero-order valence-electron chi connectivity index (χ0n) is 14.3. The Morgan fingerprint density at radius 1 is 1.12 bits per heavy atom. The number of hydrogen-bond donors (Lipinski definition) is 0. The molecule has 0 atom stereocenters. The molecule has 0 saturated heterocycles. The Morgan fingerprint density at radius 3 is 2.40 bits per heavy atom. The van der Waals surface area contributed by atoms with Gasteiger partial charge >= 0.3 is 11.9 Å². The van der Waals surface area contributed by atoms with E-state index in [1.54, 1.807) is 4.90 Å². The van der Waals surface area contributed by atoms with Crippen molar-refractivity contribution in [1.82, 2.24) is 0 Å². The van der Waals surface area contributed by atoms with Crippen molar-refractivity contribution in [2.24, 2.45) is 5.92 Å². The largest absolute Gasteiger partial charge is 0.493 e. The molecule has 0 amide bonds. The summed E-state index contributed by atoms with van der Waals surface area (Å²) < 4.78 is 20.7. The van der Waals surface area contributed by atoms with Gasteiger partial charge in [0, 0.05) is 5.69 Å². The van der Waals surface area contributed by atoms with Crippen molar-refractivity contribution in [2.45, 2.75) is 12.8 Å². The van der Waals surface area contributed by atoms with Crippen LogP contribution in [0.5, 0.6) is 5.75 Å². The van der Waals surface area contributed by atoms with Gasteiger partial charge in [0.15, 0.2) is 0 Å². The molecule has 1 aromatic carbocycles. The van der Waals surface area contributed by atoms with E-state index in [0.717, 1.165) is 12.4 Å². The van der Waals surface area contributed by atoms with Crippen molar-refractivity contribution in [2.75, 3.05) is 39.1 Å². The molecule has 3 rings (SSSR count). The van der Waals surface area contributed by atoms with Crippen LogP contribution in [0.4, 0.5) is 5.69 Å². The normalized spacial score (nSPS) is 17.3. The fraction of sp³-hybridized carbons (Fsp3) is 0.444. The number of anilines is 1. The summed E-state index contributed by atoms with van der Waals surface area (Å²) in [6.07, 6.45) is 2.46. The summed E-state index contributed by atoms with van der Waals surface area (Å²) in [6.45, 7) is 0.857. The molecule has 134 valence electrons. The SMILES string of the molecule is COC(=O)C1=C(C(=O)OC)N(c2ccc(OCC3CC3)cc2)COC1. The van der Waals surface area contributed by atoms with E-state index in [0.29, 0.717) is 11.6 Å². The summed E-state index contributed by atoms with van der Waals surface area (Å²) in [6, 6.07) is 7.29. The maximum atomic E-state index is 12.2. The second kappa shape index (κ2) is 7.57. The third-order valence-corrected chi connectivity index (χ3v) is 4.16. The summed E-state index contributed by atoms with van der Waals surface area (Å²) in [7, 11) is 2.53. The van der Waals surface area contributed by atoms with Crippen molar-refractivity contribution in [3.05, 3.63) is 35.5 Å². The van der Waals surface area contributed by atoms with Gasteiger partial charge < -0.3 is 23.8 Å². The number of esters is 2. The molecule has 7 nitrogen and oxygen atoms in total. The molecule has 0 radical (unpaired) electrons. The highest BCUT2D eigenvalue weighted by Gasteiger charge is 2.32. The summed E-state index contributed by atoms with van der Waals surface area (Å²) in [5.74, 6) is 0.212. The number of nitrogens with zero attached hydrogens (tertiary/aromatic N) is 1. The van der Waals surface area contributed by atoms with Crippen molar-refractivity contribution < 1.29 is 28.5 Å². The van der Waals surface area contributed by atoms with Crippen molar-refractivity contribution in [3.63, 3.8) is 0 Å². The first-order valence-corrected chi connectivity index (χ1v) is 8.12. The summed E-state index contributed by atoms with van der Waals surface area (Å²) in [5.41, 5.74) is 0.960. The second-order valence-electron chi connectivity index (χ2n) is 5.96. The molecule has 1 aliphatic carbocycles. The molecule has 1 fully saturated rings. The number of benzene rings is 1. The minimum Gasteiger partial charge on any atom is -0.493 e. The minimum absolute atomic E-state index is 0.00378. The zero-order chi connectivity index (χ0) is 17.8. The lowest BCUT2D eigenvalue weighted by Crippen LogP contribution is -2.38. The van der Waals surface area contributed by atoms with Crippen molar-refractivity contribution >= 4 is 17.6 Å². The Labute approximate surface area is 146 Å². The monoisotopic (exact) mass is 347 g/mol. The molecule has 2 aliphatic rings. The van der Waals surface area contributed by atoms with E-state index in [4.69, 9.17) is 18.9 Å². The van der Waals surface area contributed by atoms with E-state index >= 15 is 0 Å². The molecule has 0 unspecified atom stereocenters. The maximum absolute atomic E-state index is 12.2.